The van der Waals surface area contributed by atoms with E-state index < -0.39 is 0 Å². The highest BCUT2D eigenvalue weighted by Gasteiger charge is 2.15. The molecule has 0 radical (unpaired) electrons. The molecule has 0 aromatic carbocycles. The summed E-state index contributed by atoms with van der Waals surface area (Å²) < 4.78 is 1.65. The number of amides is 1. The molecule has 5 nitrogen and oxygen atoms in total. The second kappa shape index (κ2) is 4.93. The van der Waals surface area contributed by atoms with Crippen LogP contribution in [0.1, 0.15) is 19.0 Å². The van der Waals surface area contributed by atoms with Gasteiger partial charge in [-0.1, -0.05) is 6.92 Å². The Hall–Kier alpha value is -1.36. The molecule has 1 unspecified atom stereocenters. The highest BCUT2D eigenvalue weighted by molar-refractivity contribution is 5.91. The van der Waals surface area contributed by atoms with Gasteiger partial charge in [0.05, 0.1) is 11.6 Å². The largest absolute Gasteiger partial charge is 0.330 e. The highest BCUT2D eigenvalue weighted by Crippen LogP contribution is 2.10. The van der Waals surface area contributed by atoms with Gasteiger partial charge in [-0.05, 0) is 13.3 Å². The number of nitrogens with zero attached hydrogens (tertiary/aromatic N) is 2. The minimum absolute atomic E-state index is 0.0389. The molecule has 1 aromatic heterocycles. The SMILES string of the molecule is CCC(CN)C(=O)Nc1cc(C)nn1C. The molecule has 1 amide bonds. The van der Waals surface area contributed by atoms with Crippen LogP contribution in [0.2, 0.25) is 0 Å². The molecule has 0 spiro atoms. The van der Waals surface area contributed by atoms with E-state index in [1.54, 1.807) is 11.7 Å². The van der Waals surface area contributed by atoms with Crippen molar-refractivity contribution in [1.82, 2.24) is 9.78 Å². The zero-order valence-corrected chi connectivity index (χ0v) is 9.45. The predicted molar refractivity (Wildman–Crippen MR) is 59.4 cm³/mol. The van der Waals surface area contributed by atoms with Crippen molar-refractivity contribution >= 4 is 11.7 Å². The molecule has 0 saturated heterocycles. The van der Waals surface area contributed by atoms with E-state index in [-0.39, 0.29) is 11.8 Å². The first kappa shape index (κ1) is 11.7. The van der Waals surface area contributed by atoms with Crippen molar-refractivity contribution in [2.24, 2.45) is 18.7 Å². The van der Waals surface area contributed by atoms with Crippen LogP contribution in [0.5, 0.6) is 0 Å². The molecule has 0 saturated carbocycles. The van der Waals surface area contributed by atoms with Gasteiger partial charge in [0.25, 0.3) is 0 Å². The third kappa shape index (κ3) is 2.79. The van der Waals surface area contributed by atoms with Crippen LogP contribution in [0.25, 0.3) is 0 Å². The van der Waals surface area contributed by atoms with E-state index in [0.29, 0.717) is 12.4 Å². The van der Waals surface area contributed by atoms with Crippen molar-refractivity contribution in [3.8, 4) is 0 Å². The first-order valence-corrected chi connectivity index (χ1v) is 5.10. The molecule has 0 bridgehead atoms. The van der Waals surface area contributed by atoms with Crippen molar-refractivity contribution in [2.45, 2.75) is 20.3 Å². The zero-order valence-electron chi connectivity index (χ0n) is 9.45. The quantitative estimate of drug-likeness (QED) is 0.766. The molecule has 5 heteroatoms. The fraction of sp³-hybridized carbons (Fsp3) is 0.600. The smallest absolute Gasteiger partial charge is 0.229 e. The Balaban J connectivity index is 2.69. The lowest BCUT2D eigenvalue weighted by molar-refractivity contribution is -0.119. The van der Waals surface area contributed by atoms with Crippen molar-refractivity contribution in [1.29, 1.82) is 0 Å². The minimum Gasteiger partial charge on any atom is -0.330 e. The van der Waals surface area contributed by atoms with Gasteiger partial charge in [-0.2, -0.15) is 5.10 Å². The maximum absolute atomic E-state index is 11.7. The average molecular weight is 210 g/mol. The third-order valence-corrected chi connectivity index (χ3v) is 2.40. The van der Waals surface area contributed by atoms with Crippen LogP contribution < -0.4 is 11.1 Å². The monoisotopic (exact) mass is 210 g/mol. The number of hydrogen-bond donors (Lipinski definition) is 2. The van der Waals surface area contributed by atoms with Crippen LogP contribution >= 0.6 is 0 Å². The van der Waals surface area contributed by atoms with E-state index in [4.69, 9.17) is 5.73 Å². The summed E-state index contributed by atoms with van der Waals surface area (Å²) in [6.07, 6.45) is 0.749. The van der Waals surface area contributed by atoms with Gasteiger partial charge >= 0.3 is 0 Å². The van der Waals surface area contributed by atoms with Crippen molar-refractivity contribution < 1.29 is 4.79 Å². The van der Waals surface area contributed by atoms with Gasteiger partial charge in [-0.15, -0.1) is 0 Å². The average Bonchev–Trinajstić information content (AvgIpc) is 2.47. The summed E-state index contributed by atoms with van der Waals surface area (Å²) >= 11 is 0. The first-order chi connectivity index (χ1) is 7.08. The summed E-state index contributed by atoms with van der Waals surface area (Å²) in [5, 5.41) is 6.96. The standard InChI is InChI=1S/C10H18N4O/c1-4-8(6-11)10(15)12-9-5-7(2)13-14(9)3/h5,8H,4,6,11H2,1-3H3,(H,12,15). The number of aromatic nitrogens is 2. The zero-order chi connectivity index (χ0) is 11.4. The van der Waals surface area contributed by atoms with E-state index >= 15 is 0 Å². The van der Waals surface area contributed by atoms with E-state index in [1.165, 1.54) is 0 Å². The van der Waals surface area contributed by atoms with Crippen LogP contribution in [0, 0.1) is 12.8 Å². The summed E-state index contributed by atoms with van der Waals surface area (Å²) in [5.74, 6) is 0.549. The Kier molecular flexibility index (Phi) is 3.85. The Bertz CT molecular complexity index is 341. The topological polar surface area (TPSA) is 72.9 Å². The number of anilines is 1. The first-order valence-electron chi connectivity index (χ1n) is 5.10. The normalized spacial score (nSPS) is 12.5. The number of aryl methyl sites for hydroxylation is 2. The molecule has 1 heterocycles. The Morgan fingerprint density at radius 3 is 2.80 bits per heavy atom. The Labute approximate surface area is 89.6 Å². The molecule has 0 aliphatic carbocycles. The fourth-order valence-electron chi connectivity index (χ4n) is 1.41. The molecule has 1 rings (SSSR count). The summed E-state index contributed by atoms with van der Waals surface area (Å²) in [6.45, 7) is 4.21. The summed E-state index contributed by atoms with van der Waals surface area (Å²) in [4.78, 5) is 11.7. The molecule has 84 valence electrons. The van der Waals surface area contributed by atoms with Crippen molar-refractivity contribution in [2.75, 3.05) is 11.9 Å². The van der Waals surface area contributed by atoms with Crippen LogP contribution in [0.3, 0.4) is 0 Å². The van der Waals surface area contributed by atoms with Gasteiger partial charge in [-0.25, -0.2) is 0 Å². The number of nitrogens with two attached hydrogens (primary N) is 1. The van der Waals surface area contributed by atoms with E-state index in [1.807, 2.05) is 19.9 Å². The number of rotatable bonds is 4. The molecule has 0 fully saturated rings. The van der Waals surface area contributed by atoms with Gasteiger partial charge in [0.15, 0.2) is 0 Å². The van der Waals surface area contributed by atoms with Crippen LogP contribution in [0.4, 0.5) is 5.82 Å². The minimum atomic E-state index is -0.125. The number of hydrogen-bond acceptors (Lipinski definition) is 3. The van der Waals surface area contributed by atoms with Gasteiger partial charge in [-0.3, -0.25) is 9.48 Å². The van der Waals surface area contributed by atoms with Crippen molar-refractivity contribution in [3.63, 3.8) is 0 Å². The molecule has 0 aliphatic rings. The molecular weight excluding hydrogens is 192 g/mol. The maximum atomic E-state index is 11.7. The number of nitrogens with one attached hydrogen (secondary N) is 1. The maximum Gasteiger partial charge on any atom is 0.229 e. The van der Waals surface area contributed by atoms with Crippen molar-refractivity contribution in [3.05, 3.63) is 11.8 Å². The summed E-state index contributed by atoms with van der Waals surface area (Å²) in [6, 6.07) is 1.83. The predicted octanol–water partition coefficient (Wildman–Crippen LogP) is 0.652. The second-order valence-corrected chi connectivity index (χ2v) is 3.62. The van der Waals surface area contributed by atoms with Gasteiger partial charge in [0.2, 0.25) is 5.91 Å². The lowest BCUT2D eigenvalue weighted by Crippen LogP contribution is -2.29. The molecule has 1 aromatic rings. The van der Waals surface area contributed by atoms with E-state index in [0.717, 1.165) is 12.1 Å². The lowest BCUT2D eigenvalue weighted by atomic mass is 10.1. The summed E-state index contributed by atoms with van der Waals surface area (Å²) in [5.41, 5.74) is 6.38. The molecule has 0 aliphatic heterocycles. The third-order valence-electron chi connectivity index (χ3n) is 2.40. The molecule has 3 N–H and O–H groups in total. The van der Waals surface area contributed by atoms with E-state index in [9.17, 15) is 4.79 Å². The molecular formula is C10H18N4O. The van der Waals surface area contributed by atoms with Crippen LogP contribution in [-0.2, 0) is 11.8 Å². The second-order valence-electron chi connectivity index (χ2n) is 3.62. The lowest BCUT2D eigenvalue weighted by Gasteiger charge is -2.12. The highest BCUT2D eigenvalue weighted by atomic mass is 16.2. The number of carbonyl (C=O) groups excluding carboxylic acids is 1. The van der Waals surface area contributed by atoms with E-state index in [2.05, 4.69) is 10.4 Å². The number of carbonyl (C=O) groups is 1. The summed E-state index contributed by atoms with van der Waals surface area (Å²) in [7, 11) is 1.80. The fourth-order valence-corrected chi connectivity index (χ4v) is 1.41. The molecule has 15 heavy (non-hydrogen) atoms. The van der Waals surface area contributed by atoms with Crippen LogP contribution in [-0.4, -0.2) is 22.2 Å². The van der Waals surface area contributed by atoms with Gasteiger partial charge in [0.1, 0.15) is 5.82 Å². The Morgan fingerprint density at radius 2 is 2.40 bits per heavy atom. The molecule has 1 atom stereocenters. The Morgan fingerprint density at radius 1 is 1.73 bits per heavy atom. The van der Waals surface area contributed by atoms with Gasteiger partial charge < -0.3 is 11.1 Å². The van der Waals surface area contributed by atoms with Gasteiger partial charge in [0, 0.05) is 19.7 Å². The van der Waals surface area contributed by atoms with Crippen LogP contribution in [0.15, 0.2) is 6.07 Å².